The van der Waals surface area contributed by atoms with Crippen LogP contribution in [-0.2, 0) is 9.53 Å². The Kier molecular flexibility index (Phi) is 4.97. The van der Waals surface area contributed by atoms with Crippen molar-refractivity contribution in [3.63, 3.8) is 0 Å². The summed E-state index contributed by atoms with van der Waals surface area (Å²) in [5.74, 6) is 0.236. The van der Waals surface area contributed by atoms with Crippen LogP contribution in [0.4, 0.5) is 4.79 Å². The van der Waals surface area contributed by atoms with Gasteiger partial charge in [-0.3, -0.25) is 4.79 Å². The predicted octanol–water partition coefficient (Wildman–Crippen LogP) is -0.425. The van der Waals surface area contributed by atoms with Crippen LogP contribution in [0.2, 0.25) is 0 Å². The Bertz CT molecular complexity index is 251. The second kappa shape index (κ2) is 6.02. The maximum absolute atomic E-state index is 11.4. The van der Waals surface area contributed by atoms with Crippen LogP contribution in [0.3, 0.4) is 0 Å². The average Bonchev–Trinajstić information content (AvgIpc) is 2.64. The summed E-state index contributed by atoms with van der Waals surface area (Å²) in [5, 5.41) is 8.27. The van der Waals surface area contributed by atoms with Crippen molar-refractivity contribution in [3.05, 3.63) is 0 Å². The first kappa shape index (κ1) is 12.4. The second-order valence-electron chi connectivity index (χ2n) is 3.00. The molecule has 7 heteroatoms. The molecule has 0 bridgehead atoms. The molecule has 1 N–H and O–H groups in total. The summed E-state index contributed by atoms with van der Waals surface area (Å²) in [4.78, 5) is 23.5. The number of hydrogen-bond donors (Lipinski definition) is 1. The third kappa shape index (κ3) is 3.75. The summed E-state index contributed by atoms with van der Waals surface area (Å²) in [6, 6.07) is 0. The van der Waals surface area contributed by atoms with Crippen molar-refractivity contribution in [2.75, 3.05) is 25.5 Å². The lowest BCUT2D eigenvalue weighted by Crippen LogP contribution is -2.31. The smallest absolute Gasteiger partial charge is 0.416 e. The van der Waals surface area contributed by atoms with E-state index in [9.17, 15) is 9.59 Å². The van der Waals surface area contributed by atoms with E-state index in [2.05, 4.69) is 4.74 Å². The fourth-order valence-corrected chi connectivity index (χ4v) is 1.81. The quantitative estimate of drug-likeness (QED) is 0.648. The maximum Gasteiger partial charge on any atom is 0.416 e. The molecule has 1 unspecified atom stereocenters. The molecule has 0 aliphatic carbocycles. The van der Waals surface area contributed by atoms with Gasteiger partial charge in [0, 0.05) is 18.8 Å². The van der Waals surface area contributed by atoms with Gasteiger partial charge >= 0.3 is 6.09 Å². The van der Waals surface area contributed by atoms with E-state index in [1.54, 1.807) is 0 Å². The van der Waals surface area contributed by atoms with Gasteiger partial charge in [-0.05, 0) is 5.15 Å². The van der Waals surface area contributed by atoms with Crippen LogP contribution < -0.4 is 0 Å². The monoisotopic (exact) mass is 229 g/mol. The number of amides is 2. The molecule has 0 aromatic heterocycles. The van der Waals surface area contributed by atoms with E-state index in [-0.39, 0.29) is 30.7 Å². The average molecular weight is 229 g/mol. The SMILES string of the molecule is [B]C(CO)SCCC(=O)N1CCOC1=O. The molecule has 2 amide bonds. The van der Waals surface area contributed by atoms with Crippen molar-refractivity contribution >= 4 is 31.6 Å². The highest BCUT2D eigenvalue weighted by Crippen LogP contribution is 2.11. The van der Waals surface area contributed by atoms with Crippen LogP contribution in [0, 0.1) is 0 Å². The predicted molar refractivity (Wildman–Crippen MR) is 56.8 cm³/mol. The first-order valence-corrected chi connectivity index (χ1v) is 5.65. The number of nitrogens with zero attached hydrogens (tertiary/aromatic N) is 1. The summed E-state index contributed by atoms with van der Waals surface area (Å²) in [7, 11) is 5.44. The fourth-order valence-electron chi connectivity index (χ4n) is 1.11. The molecule has 0 aromatic carbocycles. The number of aliphatic hydroxyl groups is 1. The van der Waals surface area contributed by atoms with Crippen molar-refractivity contribution in [2.24, 2.45) is 0 Å². The van der Waals surface area contributed by atoms with Gasteiger partial charge in [0.05, 0.1) is 14.4 Å². The number of imide groups is 1. The minimum Gasteiger partial charge on any atom is -0.447 e. The number of ether oxygens (including phenoxy) is 1. The van der Waals surface area contributed by atoms with Gasteiger partial charge in [-0.1, -0.05) is 0 Å². The molecule has 0 aromatic rings. The minimum atomic E-state index is -0.573. The van der Waals surface area contributed by atoms with Gasteiger partial charge in [-0.15, -0.1) is 0 Å². The lowest BCUT2D eigenvalue weighted by atomic mass is 10.1. The Morgan fingerprint density at radius 1 is 1.73 bits per heavy atom. The Hall–Kier alpha value is -0.685. The number of rotatable bonds is 5. The summed E-state index contributed by atoms with van der Waals surface area (Å²) in [6.07, 6.45) is -0.343. The van der Waals surface area contributed by atoms with Crippen molar-refractivity contribution < 1.29 is 19.4 Å². The molecule has 1 rings (SSSR count). The highest BCUT2D eigenvalue weighted by molar-refractivity contribution is 8.01. The fraction of sp³-hybridized carbons (Fsp3) is 0.750. The summed E-state index contributed by atoms with van der Waals surface area (Å²) in [5.41, 5.74) is 0. The molecule has 1 aliphatic rings. The molecule has 1 heterocycles. The molecule has 1 aliphatic heterocycles. The molecule has 2 radical (unpaired) electrons. The van der Waals surface area contributed by atoms with Crippen LogP contribution in [0.25, 0.3) is 0 Å². The lowest BCUT2D eigenvalue weighted by molar-refractivity contribution is -0.127. The van der Waals surface area contributed by atoms with Crippen molar-refractivity contribution in [2.45, 2.75) is 11.6 Å². The molecule has 1 fully saturated rings. The third-order valence-corrected chi connectivity index (χ3v) is 2.91. The first-order valence-electron chi connectivity index (χ1n) is 4.60. The topological polar surface area (TPSA) is 66.8 Å². The molecule has 0 saturated carbocycles. The maximum atomic E-state index is 11.4. The van der Waals surface area contributed by atoms with E-state index < -0.39 is 6.09 Å². The zero-order valence-electron chi connectivity index (χ0n) is 8.22. The molecule has 15 heavy (non-hydrogen) atoms. The van der Waals surface area contributed by atoms with Crippen LogP contribution in [0.1, 0.15) is 6.42 Å². The lowest BCUT2D eigenvalue weighted by Gasteiger charge is -2.11. The van der Waals surface area contributed by atoms with E-state index >= 15 is 0 Å². The highest BCUT2D eigenvalue weighted by Gasteiger charge is 2.27. The van der Waals surface area contributed by atoms with E-state index in [0.717, 1.165) is 4.90 Å². The molecule has 5 nitrogen and oxygen atoms in total. The van der Waals surface area contributed by atoms with Gasteiger partial charge < -0.3 is 9.84 Å². The zero-order valence-corrected chi connectivity index (χ0v) is 9.03. The van der Waals surface area contributed by atoms with E-state index in [1.165, 1.54) is 11.8 Å². The molecule has 1 atom stereocenters. The van der Waals surface area contributed by atoms with Crippen LogP contribution in [-0.4, -0.2) is 60.5 Å². The minimum absolute atomic E-state index is 0.120. The standard InChI is InChI=1S/C8H12BNO4S/c9-6(5-11)15-4-1-7(12)10-2-3-14-8(10)13/h6,11H,1-5H2. The van der Waals surface area contributed by atoms with Crippen LogP contribution in [0.15, 0.2) is 0 Å². The molecule has 0 spiro atoms. The number of hydrogen-bond acceptors (Lipinski definition) is 5. The van der Waals surface area contributed by atoms with Gasteiger partial charge in [-0.25, -0.2) is 9.69 Å². The normalized spacial score (nSPS) is 17.7. The number of cyclic esters (lactones) is 1. The van der Waals surface area contributed by atoms with Gasteiger partial charge in [0.1, 0.15) is 6.61 Å². The number of thioether (sulfide) groups is 1. The molecular weight excluding hydrogens is 217 g/mol. The van der Waals surface area contributed by atoms with Gasteiger partial charge in [0.2, 0.25) is 5.91 Å². The Balaban J connectivity index is 2.21. The Morgan fingerprint density at radius 3 is 3.00 bits per heavy atom. The molecule has 1 saturated heterocycles. The number of aliphatic hydroxyl groups excluding tert-OH is 1. The molecule has 82 valence electrons. The largest absolute Gasteiger partial charge is 0.447 e. The first-order chi connectivity index (χ1) is 7.15. The van der Waals surface area contributed by atoms with E-state index in [0.29, 0.717) is 12.3 Å². The van der Waals surface area contributed by atoms with E-state index in [1.807, 2.05) is 0 Å². The third-order valence-electron chi connectivity index (χ3n) is 1.89. The van der Waals surface area contributed by atoms with Gasteiger partial charge in [-0.2, -0.15) is 11.8 Å². The van der Waals surface area contributed by atoms with Crippen LogP contribution in [0.5, 0.6) is 0 Å². The number of carbonyl (C=O) groups is 2. The summed E-state index contributed by atoms with van der Waals surface area (Å²) < 4.78 is 4.63. The zero-order chi connectivity index (χ0) is 11.3. The summed E-state index contributed by atoms with van der Waals surface area (Å²) >= 11 is 1.29. The summed E-state index contributed by atoms with van der Waals surface area (Å²) in [6.45, 7) is 0.479. The van der Waals surface area contributed by atoms with Gasteiger partial charge in [0.25, 0.3) is 0 Å². The van der Waals surface area contributed by atoms with Gasteiger partial charge in [0.15, 0.2) is 0 Å². The highest BCUT2D eigenvalue weighted by atomic mass is 32.2. The van der Waals surface area contributed by atoms with Crippen molar-refractivity contribution in [1.29, 1.82) is 0 Å². The van der Waals surface area contributed by atoms with E-state index in [4.69, 9.17) is 13.0 Å². The Morgan fingerprint density at radius 2 is 2.47 bits per heavy atom. The van der Waals surface area contributed by atoms with Crippen molar-refractivity contribution in [3.8, 4) is 0 Å². The Labute approximate surface area is 93.6 Å². The van der Waals surface area contributed by atoms with Crippen LogP contribution >= 0.6 is 11.8 Å². The second-order valence-corrected chi connectivity index (χ2v) is 4.35. The molecular formula is C8H12BNO4S. The number of carbonyl (C=O) groups excluding carboxylic acids is 2. The van der Waals surface area contributed by atoms with Crippen molar-refractivity contribution in [1.82, 2.24) is 4.90 Å².